The maximum Gasteiger partial charge on any atom is 0.237 e. The molecular weight excluding hydrogens is 414 g/mol. The van der Waals surface area contributed by atoms with Crippen molar-refractivity contribution in [1.29, 1.82) is 0 Å². The van der Waals surface area contributed by atoms with Crippen LogP contribution < -0.4 is 4.90 Å². The van der Waals surface area contributed by atoms with E-state index in [0.29, 0.717) is 16.6 Å². The minimum atomic E-state index is -0.233. The average Bonchev–Trinajstić information content (AvgIpc) is 2.89. The summed E-state index contributed by atoms with van der Waals surface area (Å²) in [6.07, 6.45) is 2.44. The van der Waals surface area contributed by atoms with E-state index in [1.165, 1.54) is 10.5 Å². The lowest BCUT2D eigenvalue weighted by molar-refractivity contribution is -0.122. The molecule has 2 aromatic rings. The van der Waals surface area contributed by atoms with E-state index in [1.54, 1.807) is 6.07 Å². The predicted octanol–water partition coefficient (Wildman–Crippen LogP) is 5.48. The molecule has 1 heterocycles. The van der Waals surface area contributed by atoms with Gasteiger partial charge in [0.05, 0.1) is 22.5 Å². The maximum atomic E-state index is 13.1. The molecule has 1 aliphatic heterocycles. The number of halogens is 2. The molecule has 0 N–H and O–H groups in total. The van der Waals surface area contributed by atoms with E-state index in [1.807, 2.05) is 31.2 Å². The molecule has 0 radical (unpaired) electrons. The predicted molar refractivity (Wildman–Crippen MR) is 106 cm³/mol. The van der Waals surface area contributed by atoms with Crippen molar-refractivity contribution in [1.82, 2.24) is 0 Å². The number of imide groups is 1. The Hall–Kier alpha value is -1.65. The van der Waals surface area contributed by atoms with Gasteiger partial charge in [0.25, 0.3) is 0 Å². The van der Waals surface area contributed by atoms with Gasteiger partial charge in [-0.05, 0) is 71.3 Å². The number of rotatable bonds is 2. The van der Waals surface area contributed by atoms with E-state index >= 15 is 0 Å². The molecule has 2 amide bonds. The third-order valence-electron chi connectivity index (χ3n) is 5.68. The lowest BCUT2D eigenvalue weighted by Gasteiger charge is -2.28. The standard InChI is InChI=1S/C21H19BrClNO2/c1-12-9-17(22)18(23)11-19(12)24-20(25)15-8-7-14(10-16(15)21(24)26)13-5-3-2-4-6-13/h2-6,9,11,14-16H,7-8,10H2,1H3/t14-,15+,16-/m0/s1. The van der Waals surface area contributed by atoms with Gasteiger partial charge in [0.2, 0.25) is 11.8 Å². The summed E-state index contributed by atoms with van der Waals surface area (Å²) in [6, 6.07) is 13.9. The van der Waals surface area contributed by atoms with Gasteiger partial charge < -0.3 is 0 Å². The van der Waals surface area contributed by atoms with Crippen LogP contribution in [0.3, 0.4) is 0 Å². The smallest absolute Gasteiger partial charge is 0.237 e. The van der Waals surface area contributed by atoms with Crippen LogP contribution >= 0.6 is 27.5 Å². The van der Waals surface area contributed by atoms with Gasteiger partial charge in [-0.2, -0.15) is 0 Å². The highest BCUT2D eigenvalue weighted by Gasteiger charge is 2.51. The molecule has 0 aromatic heterocycles. The molecule has 4 rings (SSSR count). The van der Waals surface area contributed by atoms with Gasteiger partial charge in [-0.25, -0.2) is 4.90 Å². The first-order valence-electron chi connectivity index (χ1n) is 8.85. The van der Waals surface area contributed by atoms with Crippen LogP contribution in [0, 0.1) is 18.8 Å². The number of hydrogen-bond donors (Lipinski definition) is 0. The number of anilines is 1. The second-order valence-corrected chi connectivity index (χ2v) is 8.46. The van der Waals surface area contributed by atoms with E-state index in [-0.39, 0.29) is 23.7 Å². The SMILES string of the molecule is Cc1cc(Br)c(Cl)cc1N1C(=O)[C@H]2C[C@@H](c3ccccc3)CC[C@H]2C1=O. The topological polar surface area (TPSA) is 37.4 Å². The van der Waals surface area contributed by atoms with Gasteiger partial charge in [0.1, 0.15) is 0 Å². The molecule has 3 atom stereocenters. The summed E-state index contributed by atoms with van der Waals surface area (Å²) in [6.45, 7) is 1.89. The number of benzene rings is 2. The van der Waals surface area contributed by atoms with Gasteiger partial charge in [-0.3, -0.25) is 9.59 Å². The lowest BCUT2D eigenvalue weighted by atomic mass is 9.73. The van der Waals surface area contributed by atoms with Crippen LogP contribution in [0.5, 0.6) is 0 Å². The molecule has 0 bridgehead atoms. The molecule has 2 aromatic carbocycles. The largest absolute Gasteiger partial charge is 0.274 e. The average molecular weight is 433 g/mol. The van der Waals surface area contributed by atoms with Crippen LogP contribution in [-0.2, 0) is 9.59 Å². The van der Waals surface area contributed by atoms with E-state index in [2.05, 4.69) is 28.1 Å². The second-order valence-electron chi connectivity index (χ2n) is 7.20. The Kier molecular flexibility index (Phi) is 4.66. The zero-order chi connectivity index (χ0) is 18.4. The van der Waals surface area contributed by atoms with Gasteiger partial charge >= 0.3 is 0 Å². The van der Waals surface area contributed by atoms with Crippen LogP contribution in [-0.4, -0.2) is 11.8 Å². The Bertz CT molecular complexity index is 883. The van der Waals surface area contributed by atoms with Crippen LogP contribution in [0.15, 0.2) is 46.9 Å². The first-order chi connectivity index (χ1) is 12.5. The lowest BCUT2D eigenvalue weighted by Crippen LogP contribution is -2.31. The molecule has 134 valence electrons. The third kappa shape index (κ3) is 2.89. The summed E-state index contributed by atoms with van der Waals surface area (Å²) in [7, 11) is 0. The van der Waals surface area contributed by atoms with Crippen molar-refractivity contribution in [2.75, 3.05) is 4.90 Å². The van der Waals surface area contributed by atoms with Gasteiger partial charge in [0, 0.05) is 4.47 Å². The quantitative estimate of drug-likeness (QED) is 0.589. The summed E-state index contributed by atoms with van der Waals surface area (Å²) in [4.78, 5) is 27.5. The van der Waals surface area contributed by atoms with Crippen molar-refractivity contribution in [3.05, 3.63) is 63.1 Å². The second kappa shape index (κ2) is 6.82. The summed E-state index contributed by atoms with van der Waals surface area (Å²) in [5, 5.41) is 0.503. The number of amides is 2. The monoisotopic (exact) mass is 431 g/mol. The number of carbonyl (C=O) groups excluding carboxylic acids is 2. The Morgan fingerprint density at radius 1 is 1.04 bits per heavy atom. The summed E-state index contributed by atoms with van der Waals surface area (Å²) in [5.74, 6) is -0.258. The first kappa shape index (κ1) is 17.7. The molecule has 0 spiro atoms. The third-order valence-corrected chi connectivity index (χ3v) is 6.87. The Morgan fingerprint density at radius 3 is 2.46 bits per heavy atom. The summed E-state index contributed by atoms with van der Waals surface area (Å²) >= 11 is 9.61. The fourth-order valence-electron chi connectivity index (χ4n) is 4.32. The number of fused-ring (bicyclic) bond motifs is 1. The van der Waals surface area contributed by atoms with E-state index in [0.717, 1.165) is 29.3 Å². The van der Waals surface area contributed by atoms with Crippen molar-refractivity contribution < 1.29 is 9.59 Å². The van der Waals surface area contributed by atoms with Gasteiger partial charge in [0.15, 0.2) is 0 Å². The van der Waals surface area contributed by atoms with Crippen molar-refractivity contribution >= 4 is 45.0 Å². The van der Waals surface area contributed by atoms with Crippen molar-refractivity contribution in [2.24, 2.45) is 11.8 Å². The molecule has 1 saturated carbocycles. The number of nitrogens with zero attached hydrogens (tertiary/aromatic N) is 1. The van der Waals surface area contributed by atoms with Crippen LogP contribution in [0.2, 0.25) is 5.02 Å². The Morgan fingerprint density at radius 2 is 1.73 bits per heavy atom. The molecule has 1 aliphatic carbocycles. The van der Waals surface area contributed by atoms with Gasteiger partial charge in [-0.15, -0.1) is 0 Å². The number of carbonyl (C=O) groups is 2. The zero-order valence-electron chi connectivity index (χ0n) is 14.4. The normalized spacial score (nSPS) is 25.5. The number of aryl methyl sites for hydroxylation is 1. The number of hydrogen-bond acceptors (Lipinski definition) is 2. The molecule has 1 saturated heterocycles. The molecule has 26 heavy (non-hydrogen) atoms. The molecule has 3 nitrogen and oxygen atoms in total. The summed E-state index contributed by atoms with van der Waals surface area (Å²) < 4.78 is 0.765. The van der Waals surface area contributed by atoms with Crippen molar-refractivity contribution in [3.63, 3.8) is 0 Å². The fraction of sp³-hybridized carbons (Fsp3) is 0.333. The van der Waals surface area contributed by atoms with Crippen LogP contribution in [0.4, 0.5) is 5.69 Å². The van der Waals surface area contributed by atoms with Gasteiger partial charge in [-0.1, -0.05) is 41.9 Å². The highest BCUT2D eigenvalue weighted by atomic mass is 79.9. The Labute approximate surface area is 166 Å². The van der Waals surface area contributed by atoms with E-state index in [4.69, 9.17) is 11.6 Å². The molecule has 5 heteroatoms. The molecule has 0 unspecified atom stereocenters. The minimum Gasteiger partial charge on any atom is -0.274 e. The molecule has 2 fully saturated rings. The maximum absolute atomic E-state index is 13.1. The van der Waals surface area contributed by atoms with E-state index < -0.39 is 0 Å². The highest BCUT2D eigenvalue weighted by Crippen LogP contribution is 2.46. The minimum absolute atomic E-state index is 0.0759. The fourth-order valence-corrected chi connectivity index (χ4v) is 4.94. The van der Waals surface area contributed by atoms with Crippen molar-refractivity contribution in [3.8, 4) is 0 Å². The summed E-state index contributed by atoms with van der Waals surface area (Å²) in [5.41, 5.74) is 2.73. The highest BCUT2D eigenvalue weighted by molar-refractivity contribution is 9.10. The molecule has 2 aliphatic rings. The van der Waals surface area contributed by atoms with Crippen LogP contribution in [0.25, 0.3) is 0 Å². The first-order valence-corrected chi connectivity index (χ1v) is 10.0. The zero-order valence-corrected chi connectivity index (χ0v) is 16.8. The Balaban J connectivity index is 1.65. The van der Waals surface area contributed by atoms with E-state index in [9.17, 15) is 9.59 Å². The molecular formula is C21H19BrClNO2. The van der Waals surface area contributed by atoms with Crippen LogP contribution in [0.1, 0.15) is 36.3 Å². The van der Waals surface area contributed by atoms with Crippen molar-refractivity contribution in [2.45, 2.75) is 32.1 Å².